The first-order chi connectivity index (χ1) is 8.86. The minimum Gasteiger partial charge on any atom is -0.478 e. The zero-order valence-corrected chi connectivity index (χ0v) is 11.7. The molecule has 1 amide bonds. The third-order valence-electron chi connectivity index (χ3n) is 3.12. The van der Waals surface area contributed by atoms with Crippen LogP contribution >= 0.6 is 0 Å². The maximum Gasteiger partial charge on any atom is 0.335 e. The lowest BCUT2D eigenvalue weighted by Crippen LogP contribution is -2.34. The van der Waals surface area contributed by atoms with Crippen molar-refractivity contribution in [1.82, 2.24) is 5.32 Å². The van der Waals surface area contributed by atoms with E-state index in [1.165, 1.54) is 0 Å². The second kappa shape index (κ2) is 6.22. The van der Waals surface area contributed by atoms with Crippen LogP contribution in [0.3, 0.4) is 0 Å². The topological polar surface area (TPSA) is 69.6 Å². The summed E-state index contributed by atoms with van der Waals surface area (Å²) >= 11 is 0. The van der Waals surface area contributed by atoms with E-state index in [1.807, 2.05) is 24.9 Å². The number of hydrogen-bond donors (Lipinski definition) is 2. The van der Waals surface area contributed by atoms with Crippen molar-refractivity contribution >= 4 is 17.6 Å². The summed E-state index contributed by atoms with van der Waals surface area (Å²) < 4.78 is 0. The molecule has 0 heterocycles. The maximum absolute atomic E-state index is 11.5. The van der Waals surface area contributed by atoms with Crippen molar-refractivity contribution in [3.8, 4) is 0 Å². The molecule has 19 heavy (non-hydrogen) atoms. The van der Waals surface area contributed by atoms with Crippen LogP contribution in [0.15, 0.2) is 18.2 Å². The van der Waals surface area contributed by atoms with E-state index in [9.17, 15) is 9.59 Å². The van der Waals surface area contributed by atoms with Crippen molar-refractivity contribution in [2.45, 2.75) is 13.8 Å². The number of carbonyl (C=O) groups is 2. The second-order valence-electron chi connectivity index (χ2n) is 4.70. The Bertz CT molecular complexity index is 486. The second-order valence-corrected chi connectivity index (χ2v) is 4.70. The minimum absolute atomic E-state index is 0.00859. The zero-order valence-electron chi connectivity index (χ0n) is 11.7. The van der Waals surface area contributed by atoms with Crippen molar-refractivity contribution in [1.29, 1.82) is 0 Å². The lowest BCUT2D eigenvalue weighted by Gasteiger charge is -2.23. The fourth-order valence-corrected chi connectivity index (χ4v) is 1.97. The molecule has 0 aliphatic rings. The number of aromatic carboxylic acids is 1. The highest BCUT2D eigenvalue weighted by Crippen LogP contribution is 2.19. The fraction of sp³-hybridized carbons (Fsp3) is 0.429. The van der Waals surface area contributed by atoms with Crippen LogP contribution in [-0.2, 0) is 4.79 Å². The summed E-state index contributed by atoms with van der Waals surface area (Å²) in [5.74, 6) is -1.06. The molecule has 0 aromatic heterocycles. The Hall–Kier alpha value is -2.04. The SMILES string of the molecule is CNC(=O)C(C)CN(C)c1ccc(C(=O)O)c(C)c1. The number of benzene rings is 1. The fourth-order valence-electron chi connectivity index (χ4n) is 1.97. The molecule has 1 rings (SSSR count). The van der Waals surface area contributed by atoms with E-state index in [1.54, 1.807) is 26.1 Å². The van der Waals surface area contributed by atoms with E-state index < -0.39 is 5.97 Å². The number of hydrogen-bond acceptors (Lipinski definition) is 3. The van der Waals surface area contributed by atoms with Crippen molar-refractivity contribution in [3.63, 3.8) is 0 Å². The smallest absolute Gasteiger partial charge is 0.335 e. The Morgan fingerprint density at radius 1 is 1.42 bits per heavy atom. The van der Waals surface area contributed by atoms with Gasteiger partial charge in [-0.2, -0.15) is 0 Å². The van der Waals surface area contributed by atoms with E-state index in [0.29, 0.717) is 17.7 Å². The van der Waals surface area contributed by atoms with Gasteiger partial charge < -0.3 is 15.3 Å². The molecule has 104 valence electrons. The van der Waals surface area contributed by atoms with E-state index in [-0.39, 0.29) is 11.8 Å². The lowest BCUT2D eigenvalue weighted by molar-refractivity contribution is -0.123. The molecule has 0 bridgehead atoms. The number of rotatable bonds is 5. The van der Waals surface area contributed by atoms with Crippen LogP contribution in [0.1, 0.15) is 22.8 Å². The van der Waals surface area contributed by atoms with Gasteiger partial charge in [-0.3, -0.25) is 4.79 Å². The average Bonchev–Trinajstić information content (AvgIpc) is 2.36. The summed E-state index contributed by atoms with van der Waals surface area (Å²) in [6.45, 7) is 4.20. The molecule has 5 heteroatoms. The molecule has 0 fully saturated rings. The van der Waals surface area contributed by atoms with Gasteiger partial charge in [0.2, 0.25) is 5.91 Å². The van der Waals surface area contributed by atoms with Gasteiger partial charge in [0.1, 0.15) is 0 Å². The molecule has 0 radical (unpaired) electrons. The lowest BCUT2D eigenvalue weighted by atomic mass is 10.1. The minimum atomic E-state index is -0.926. The van der Waals surface area contributed by atoms with Gasteiger partial charge in [-0.25, -0.2) is 4.79 Å². The highest BCUT2D eigenvalue weighted by Gasteiger charge is 2.15. The Balaban J connectivity index is 2.83. The molecule has 0 aliphatic carbocycles. The highest BCUT2D eigenvalue weighted by molar-refractivity contribution is 5.90. The average molecular weight is 264 g/mol. The molecule has 1 atom stereocenters. The first-order valence-corrected chi connectivity index (χ1v) is 6.13. The third-order valence-corrected chi connectivity index (χ3v) is 3.12. The summed E-state index contributed by atoms with van der Waals surface area (Å²) in [6, 6.07) is 5.17. The van der Waals surface area contributed by atoms with Gasteiger partial charge in [-0.05, 0) is 30.7 Å². The van der Waals surface area contributed by atoms with Crippen LogP contribution in [0.5, 0.6) is 0 Å². The zero-order chi connectivity index (χ0) is 14.6. The Labute approximate surface area is 113 Å². The van der Waals surface area contributed by atoms with Crippen LogP contribution in [-0.4, -0.2) is 37.6 Å². The van der Waals surface area contributed by atoms with E-state index in [4.69, 9.17) is 5.11 Å². The van der Waals surface area contributed by atoms with Crippen LogP contribution in [0.4, 0.5) is 5.69 Å². The van der Waals surface area contributed by atoms with Crippen molar-refractivity contribution in [3.05, 3.63) is 29.3 Å². The third kappa shape index (κ3) is 3.71. The van der Waals surface area contributed by atoms with Gasteiger partial charge in [-0.15, -0.1) is 0 Å². The van der Waals surface area contributed by atoms with Crippen molar-refractivity contribution in [2.75, 3.05) is 25.5 Å². The normalized spacial score (nSPS) is 11.8. The van der Waals surface area contributed by atoms with Crippen LogP contribution in [0, 0.1) is 12.8 Å². The quantitative estimate of drug-likeness (QED) is 0.846. The van der Waals surface area contributed by atoms with E-state index in [2.05, 4.69) is 5.32 Å². The first kappa shape index (κ1) is 15.0. The number of carbonyl (C=O) groups excluding carboxylic acids is 1. The molecular weight excluding hydrogens is 244 g/mol. The first-order valence-electron chi connectivity index (χ1n) is 6.13. The summed E-state index contributed by atoms with van der Waals surface area (Å²) in [5.41, 5.74) is 1.92. The number of anilines is 1. The Morgan fingerprint density at radius 2 is 2.05 bits per heavy atom. The van der Waals surface area contributed by atoms with Crippen LogP contribution < -0.4 is 10.2 Å². The predicted octanol–water partition coefficient (Wildman–Crippen LogP) is 1.51. The number of carboxylic acid groups (broad SMARTS) is 1. The van der Waals surface area contributed by atoms with E-state index >= 15 is 0 Å². The van der Waals surface area contributed by atoms with Crippen LogP contribution in [0.2, 0.25) is 0 Å². The molecule has 5 nitrogen and oxygen atoms in total. The standard InChI is InChI=1S/C14H20N2O3/c1-9-7-11(5-6-12(9)14(18)19)16(4)8-10(2)13(17)15-3/h5-7,10H,8H2,1-4H3,(H,15,17)(H,18,19). The molecule has 0 saturated carbocycles. The van der Waals surface area contributed by atoms with Crippen LogP contribution in [0.25, 0.3) is 0 Å². The molecule has 2 N–H and O–H groups in total. The summed E-state index contributed by atoms with van der Waals surface area (Å²) in [7, 11) is 3.50. The summed E-state index contributed by atoms with van der Waals surface area (Å²) in [4.78, 5) is 24.4. The molecule has 1 aromatic carbocycles. The molecule has 1 aromatic rings. The number of aryl methyl sites for hydroxylation is 1. The van der Waals surface area contributed by atoms with Gasteiger partial charge in [0.05, 0.1) is 11.5 Å². The molecule has 1 unspecified atom stereocenters. The molecular formula is C14H20N2O3. The summed E-state index contributed by atoms with van der Waals surface area (Å²) in [5, 5.41) is 11.6. The summed E-state index contributed by atoms with van der Waals surface area (Å²) in [6.07, 6.45) is 0. The largest absolute Gasteiger partial charge is 0.478 e. The van der Waals surface area contributed by atoms with Gasteiger partial charge in [0.15, 0.2) is 0 Å². The van der Waals surface area contributed by atoms with Gasteiger partial charge in [0, 0.05) is 26.3 Å². The number of amides is 1. The Kier molecular flexibility index (Phi) is 4.92. The predicted molar refractivity (Wildman–Crippen MR) is 74.6 cm³/mol. The Morgan fingerprint density at radius 3 is 2.53 bits per heavy atom. The molecule has 0 aliphatic heterocycles. The van der Waals surface area contributed by atoms with E-state index in [0.717, 1.165) is 5.69 Å². The number of nitrogens with zero attached hydrogens (tertiary/aromatic N) is 1. The molecule has 0 saturated heterocycles. The monoisotopic (exact) mass is 264 g/mol. The van der Waals surface area contributed by atoms with Gasteiger partial charge in [0.25, 0.3) is 0 Å². The highest BCUT2D eigenvalue weighted by atomic mass is 16.4. The molecule has 0 spiro atoms. The van der Waals surface area contributed by atoms with Gasteiger partial charge in [-0.1, -0.05) is 6.92 Å². The maximum atomic E-state index is 11.5. The van der Waals surface area contributed by atoms with Crippen molar-refractivity contribution < 1.29 is 14.7 Å². The van der Waals surface area contributed by atoms with Crippen molar-refractivity contribution in [2.24, 2.45) is 5.92 Å². The number of nitrogens with one attached hydrogen (secondary N) is 1. The number of carboxylic acids is 1. The van der Waals surface area contributed by atoms with Gasteiger partial charge >= 0.3 is 5.97 Å².